The number of likely N-dealkylation sites (tertiary alicyclic amines) is 1. The van der Waals surface area contributed by atoms with Gasteiger partial charge in [-0.25, -0.2) is 4.39 Å². The fourth-order valence-corrected chi connectivity index (χ4v) is 4.56. The van der Waals surface area contributed by atoms with Gasteiger partial charge in [-0.15, -0.1) is 0 Å². The van der Waals surface area contributed by atoms with E-state index < -0.39 is 0 Å². The number of nitrogens with zero attached hydrogens (tertiary/aromatic N) is 3. The summed E-state index contributed by atoms with van der Waals surface area (Å²) in [7, 11) is 0. The summed E-state index contributed by atoms with van der Waals surface area (Å²) in [6.07, 6.45) is 1.38. The Labute approximate surface area is 183 Å². The van der Waals surface area contributed by atoms with Crippen LogP contribution in [-0.4, -0.2) is 65.8 Å². The minimum atomic E-state index is -0.347. The van der Waals surface area contributed by atoms with E-state index in [9.17, 15) is 14.0 Å². The van der Waals surface area contributed by atoms with Crippen molar-refractivity contribution in [2.75, 3.05) is 39.3 Å². The second-order valence-corrected chi connectivity index (χ2v) is 8.66. The molecule has 0 spiro atoms. The Morgan fingerprint density at radius 1 is 0.903 bits per heavy atom. The van der Waals surface area contributed by atoms with E-state index in [-0.39, 0.29) is 23.5 Å². The van der Waals surface area contributed by atoms with Gasteiger partial charge >= 0.3 is 0 Å². The van der Waals surface area contributed by atoms with E-state index in [1.165, 1.54) is 35.4 Å². The van der Waals surface area contributed by atoms with E-state index >= 15 is 0 Å². The van der Waals surface area contributed by atoms with Gasteiger partial charge in [-0.2, -0.15) is 0 Å². The lowest BCUT2D eigenvalue weighted by molar-refractivity contribution is -0.138. The molecule has 0 unspecified atom stereocenters. The van der Waals surface area contributed by atoms with E-state index in [0.717, 1.165) is 32.7 Å². The third-order valence-corrected chi connectivity index (χ3v) is 6.40. The molecule has 0 saturated carbocycles. The molecule has 5 nitrogen and oxygen atoms in total. The molecule has 2 aliphatic heterocycles. The van der Waals surface area contributed by atoms with Crippen LogP contribution in [0.2, 0.25) is 0 Å². The standard InChI is InChI=1S/C25H30FN3O2/c1-19-3-2-4-20(17-19)18-27-13-15-29(16-14-27)25(31)22-9-11-28(12-10-22)24(30)21-5-7-23(26)8-6-21/h2-8,17,22H,9-16,18H2,1H3. The van der Waals surface area contributed by atoms with E-state index in [0.29, 0.717) is 31.5 Å². The van der Waals surface area contributed by atoms with Crippen molar-refractivity contribution in [2.45, 2.75) is 26.3 Å². The van der Waals surface area contributed by atoms with Gasteiger partial charge in [-0.3, -0.25) is 14.5 Å². The molecule has 2 aromatic rings. The third-order valence-electron chi connectivity index (χ3n) is 6.40. The fraction of sp³-hybridized carbons (Fsp3) is 0.440. The van der Waals surface area contributed by atoms with Crippen molar-refractivity contribution in [1.82, 2.24) is 14.7 Å². The molecule has 2 saturated heterocycles. The zero-order valence-corrected chi connectivity index (χ0v) is 18.1. The summed E-state index contributed by atoms with van der Waals surface area (Å²) in [6.45, 7) is 7.48. The maximum atomic E-state index is 13.1. The summed E-state index contributed by atoms with van der Waals surface area (Å²) in [5, 5.41) is 0. The van der Waals surface area contributed by atoms with Gasteiger partial charge in [0.25, 0.3) is 5.91 Å². The highest BCUT2D eigenvalue weighted by molar-refractivity contribution is 5.94. The number of benzene rings is 2. The monoisotopic (exact) mass is 423 g/mol. The molecule has 0 N–H and O–H groups in total. The predicted octanol–water partition coefficient (Wildman–Crippen LogP) is 3.33. The molecule has 4 rings (SSSR count). The molecule has 2 fully saturated rings. The minimum absolute atomic E-state index is 0.0133. The number of amides is 2. The Morgan fingerprint density at radius 3 is 2.23 bits per heavy atom. The highest BCUT2D eigenvalue weighted by Gasteiger charge is 2.32. The first-order valence-electron chi connectivity index (χ1n) is 11.1. The Morgan fingerprint density at radius 2 is 1.58 bits per heavy atom. The number of carbonyl (C=O) groups is 2. The predicted molar refractivity (Wildman–Crippen MR) is 118 cm³/mol. The average molecular weight is 424 g/mol. The largest absolute Gasteiger partial charge is 0.340 e. The zero-order chi connectivity index (χ0) is 21.8. The molecule has 0 aliphatic carbocycles. The summed E-state index contributed by atoms with van der Waals surface area (Å²) in [5.74, 6) is -0.222. The molecule has 0 aromatic heterocycles. The van der Waals surface area contributed by atoms with E-state index in [2.05, 4.69) is 36.1 Å². The van der Waals surface area contributed by atoms with Gasteiger partial charge in [0.15, 0.2) is 0 Å². The molecule has 2 heterocycles. The minimum Gasteiger partial charge on any atom is -0.340 e. The number of hydrogen-bond donors (Lipinski definition) is 0. The number of aryl methyl sites for hydroxylation is 1. The Hall–Kier alpha value is -2.73. The van der Waals surface area contributed by atoms with Crippen LogP contribution in [0.3, 0.4) is 0 Å². The van der Waals surface area contributed by atoms with Crippen molar-refractivity contribution in [2.24, 2.45) is 5.92 Å². The molecule has 164 valence electrons. The Balaban J connectivity index is 1.24. The zero-order valence-electron chi connectivity index (χ0n) is 18.1. The van der Waals surface area contributed by atoms with Crippen molar-refractivity contribution in [3.05, 3.63) is 71.0 Å². The van der Waals surface area contributed by atoms with Gasteiger partial charge in [0.2, 0.25) is 5.91 Å². The number of piperazine rings is 1. The first-order valence-corrected chi connectivity index (χ1v) is 11.1. The highest BCUT2D eigenvalue weighted by Crippen LogP contribution is 2.22. The number of rotatable bonds is 4. The molecule has 2 amide bonds. The molecule has 0 atom stereocenters. The lowest BCUT2D eigenvalue weighted by Crippen LogP contribution is -2.51. The van der Waals surface area contributed by atoms with Crippen LogP contribution in [0.5, 0.6) is 0 Å². The molecule has 0 bridgehead atoms. The topological polar surface area (TPSA) is 43.9 Å². The third kappa shape index (κ3) is 5.31. The molecule has 2 aromatic carbocycles. The normalized spacial score (nSPS) is 18.3. The SMILES string of the molecule is Cc1cccc(CN2CCN(C(=O)C3CCN(C(=O)c4ccc(F)cc4)CC3)CC2)c1. The summed E-state index contributed by atoms with van der Waals surface area (Å²) < 4.78 is 13.1. The number of halogens is 1. The first kappa shape index (κ1) is 21.5. The van der Waals surface area contributed by atoms with Gasteiger partial charge in [-0.1, -0.05) is 29.8 Å². The van der Waals surface area contributed by atoms with Crippen LogP contribution in [0.1, 0.15) is 34.3 Å². The smallest absolute Gasteiger partial charge is 0.253 e. The van der Waals surface area contributed by atoms with Gasteiger partial charge in [0.1, 0.15) is 5.82 Å². The van der Waals surface area contributed by atoms with Crippen molar-refractivity contribution in [1.29, 1.82) is 0 Å². The second-order valence-electron chi connectivity index (χ2n) is 8.66. The quantitative estimate of drug-likeness (QED) is 0.758. The van der Waals surface area contributed by atoms with Crippen LogP contribution < -0.4 is 0 Å². The summed E-state index contributed by atoms with van der Waals surface area (Å²) in [4.78, 5) is 31.8. The fourth-order valence-electron chi connectivity index (χ4n) is 4.56. The number of piperidine rings is 1. The summed E-state index contributed by atoms with van der Waals surface area (Å²) in [6, 6.07) is 14.2. The van der Waals surface area contributed by atoms with E-state index in [1.54, 1.807) is 4.90 Å². The van der Waals surface area contributed by atoms with Crippen LogP contribution in [0, 0.1) is 18.7 Å². The summed E-state index contributed by atoms with van der Waals surface area (Å²) in [5.41, 5.74) is 3.09. The molecule has 2 aliphatic rings. The van der Waals surface area contributed by atoms with Crippen molar-refractivity contribution < 1.29 is 14.0 Å². The van der Waals surface area contributed by atoms with Gasteiger partial charge in [0, 0.05) is 57.3 Å². The van der Waals surface area contributed by atoms with Crippen molar-refractivity contribution in [3.63, 3.8) is 0 Å². The lowest BCUT2D eigenvalue weighted by atomic mass is 9.94. The maximum absolute atomic E-state index is 13.1. The molecule has 0 radical (unpaired) electrons. The molecule has 6 heteroatoms. The Kier molecular flexibility index (Phi) is 6.66. The van der Waals surface area contributed by atoms with Gasteiger partial charge < -0.3 is 9.80 Å². The van der Waals surface area contributed by atoms with Crippen LogP contribution >= 0.6 is 0 Å². The van der Waals surface area contributed by atoms with E-state index in [1.807, 2.05) is 4.90 Å². The maximum Gasteiger partial charge on any atom is 0.253 e. The highest BCUT2D eigenvalue weighted by atomic mass is 19.1. The molecule has 31 heavy (non-hydrogen) atoms. The second kappa shape index (κ2) is 9.60. The molecular weight excluding hydrogens is 393 g/mol. The Bertz CT molecular complexity index is 915. The van der Waals surface area contributed by atoms with Crippen molar-refractivity contribution >= 4 is 11.8 Å². The van der Waals surface area contributed by atoms with Crippen LogP contribution in [0.15, 0.2) is 48.5 Å². The van der Waals surface area contributed by atoms with Crippen molar-refractivity contribution in [3.8, 4) is 0 Å². The van der Waals surface area contributed by atoms with E-state index in [4.69, 9.17) is 0 Å². The molecular formula is C25H30FN3O2. The first-order chi connectivity index (χ1) is 15.0. The van der Waals surface area contributed by atoms with Crippen LogP contribution in [-0.2, 0) is 11.3 Å². The number of carbonyl (C=O) groups excluding carboxylic acids is 2. The lowest BCUT2D eigenvalue weighted by Gasteiger charge is -2.38. The van der Waals surface area contributed by atoms with Gasteiger partial charge in [-0.05, 0) is 49.6 Å². The van der Waals surface area contributed by atoms with Crippen LogP contribution in [0.4, 0.5) is 4.39 Å². The van der Waals surface area contributed by atoms with Crippen LogP contribution in [0.25, 0.3) is 0 Å². The summed E-state index contributed by atoms with van der Waals surface area (Å²) >= 11 is 0. The number of hydrogen-bond acceptors (Lipinski definition) is 3. The average Bonchev–Trinajstić information content (AvgIpc) is 2.79. The van der Waals surface area contributed by atoms with Gasteiger partial charge in [0.05, 0.1) is 0 Å².